The third kappa shape index (κ3) is 4.98. The standard InChI is InChI=1S/C18H16ClF3N2O2/c1-10(2)23-17(26)14-8-7-13(19)9-15(14)24-16(25)11-3-5-12(6-4-11)18(20,21)22/h3-10H,1-2H3,(H,23,26)(H,24,25). The lowest BCUT2D eigenvalue weighted by Gasteiger charge is -2.14. The van der Waals surface area contributed by atoms with E-state index in [1.807, 2.05) is 0 Å². The minimum Gasteiger partial charge on any atom is -0.350 e. The number of hydrogen-bond donors (Lipinski definition) is 2. The zero-order valence-electron chi connectivity index (χ0n) is 13.9. The molecule has 2 amide bonds. The molecule has 0 heterocycles. The molecule has 2 rings (SSSR count). The summed E-state index contributed by atoms with van der Waals surface area (Å²) in [7, 11) is 0. The van der Waals surface area contributed by atoms with Gasteiger partial charge in [0.05, 0.1) is 16.8 Å². The Morgan fingerprint density at radius 2 is 1.62 bits per heavy atom. The van der Waals surface area contributed by atoms with E-state index in [9.17, 15) is 22.8 Å². The van der Waals surface area contributed by atoms with E-state index in [4.69, 9.17) is 11.6 Å². The van der Waals surface area contributed by atoms with Gasteiger partial charge in [-0.15, -0.1) is 0 Å². The predicted molar refractivity (Wildman–Crippen MR) is 93.5 cm³/mol. The molecule has 26 heavy (non-hydrogen) atoms. The Morgan fingerprint density at radius 3 is 2.15 bits per heavy atom. The van der Waals surface area contributed by atoms with Crippen LogP contribution in [0.15, 0.2) is 42.5 Å². The summed E-state index contributed by atoms with van der Waals surface area (Å²) >= 11 is 5.92. The van der Waals surface area contributed by atoms with E-state index in [1.54, 1.807) is 13.8 Å². The zero-order valence-corrected chi connectivity index (χ0v) is 14.7. The lowest BCUT2D eigenvalue weighted by molar-refractivity contribution is -0.137. The van der Waals surface area contributed by atoms with E-state index in [0.29, 0.717) is 5.02 Å². The Balaban J connectivity index is 2.26. The molecule has 0 saturated carbocycles. The molecule has 0 saturated heterocycles. The van der Waals surface area contributed by atoms with Gasteiger partial charge >= 0.3 is 6.18 Å². The van der Waals surface area contributed by atoms with Crippen LogP contribution in [0.1, 0.15) is 40.1 Å². The number of benzene rings is 2. The quantitative estimate of drug-likeness (QED) is 0.799. The first-order chi connectivity index (χ1) is 12.1. The minimum absolute atomic E-state index is 0.0215. The fourth-order valence-corrected chi connectivity index (χ4v) is 2.34. The molecule has 8 heteroatoms. The van der Waals surface area contributed by atoms with Crippen LogP contribution in [-0.2, 0) is 6.18 Å². The highest BCUT2D eigenvalue weighted by Crippen LogP contribution is 2.29. The zero-order chi connectivity index (χ0) is 19.5. The molecule has 0 radical (unpaired) electrons. The second kappa shape index (κ2) is 7.78. The van der Waals surface area contributed by atoms with Crippen LogP contribution in [0.2, 0.25) is 5.02 Å². The van der Waals surface area contributed by atoms with E-state index >= 15 is 0 Å². The fourth-order valence-electron chi connectivity index (χ4n) is 2.16. The molecule has 0 aliphatic rings. The summed E-state index contributed by atoms with van der Waals surface area (Å²) in [6.45, 7) is 3.57. The lowest BCUT2D eigenvalue weighted by Crippen LogP contribution is -2.31. The van der Waals surface area contributed by atoms with E-state index < -0.39 is 23.6 Å². The maximum atomic E-state index is 12.6. The monoisotopic (exact) mass is 384 g/mol. The summed E-state index contributed by atoms with van der Waals surface area (Å²) in [5.41, 5.74) is -0.467. The summed E-state index contributed by atoms with van der Waals surface area (Å²) in [4.78, 5) is 24.5. The number of carbonyl (C=O) groups excluding carboxylic acids is 2. The number of anilines is 1. The molecule has 2 aromatic carbocycles. The van der Waals surface area contributed by atoms with Crippen LogP contribution in [0.4, 0.5) is 18.9 Å². The first kappa shape index (κ1) is 19.8. The highest BCUT2D eigenvalue weighted by molar-refractivity contribution is 6.31. The van der Waals surface area contributed by atoms with Crippen molar-refractivity contribution in [2.75, 3.05) is 5.32 Å². The summed E-state index contributed by atoms with van der Waals surface area (Å²) < 4.78 is 37.8. The van der Waals surface area contributed by atoms with Crippen LogP contribution in [0.3, 0.4) is 0 Å². The third-order valence-electron chi connectivity index (χ3n) is 3.37. The molecule has 2 aromatic rings. The van der Waals surface area contributed by atoms with Gasteiger partial charge in [-0.2, -0.15) is 13.2 Å². The maximum absolute atomic E-state index is 12.6. The molecule has 0 aromatic heterocycles. The number of alkyl halides is 3. The van der Waals surface area contributed by atoms with Crippen LogP contribution < -0.4 is 10.6 Å². The Labute approximate surface area is 153 Å². The smallest absolute Gasteiger partial charge is 0.350 e. The van der Waals surface area contributed by atoms with Gasteiger partial charge < -0.3 is 10.6 Å². The van der Waals surface area contributed by atoms with Gasteiger partial charge in [-0.1, -0.05) is 11.6 Å². The van der Waals surface area contributed by atoms with Crippen molar-refractivity contribution in [2.24, 2.45) is 0 Å². The molecule has 0 spiro atoms. The van der Waals surface area contributed by atoms with Gasteiger partial charge in [-0.3, -0.25) is 9.59 Å². The molecule has 0 aliphatic heterocycles. The number of nitrogens with one attached hydrogen (secondary N) is 2. The SMILES string of the molecule is CC(C)NC(=O)c1ccc(Cl)cc1NC(=O)c1ccc(C(F)(F)F)cc1. The lowest BCUT2D eigenvalue weighted by atomic mass is 10.1. The molecule has 0 fully saturated rings. The Kier molecular flexibility index (Phi) is 5.92. The summed E-state index contributed by atoms with van der Waals surface area (Å²) in [6.07, 6.45) is -4.48. The van der Waals surface area contributed by atoms with Crippen molar-refractivity contribution < 1.29 is 22.8 Å². The van der Waals surface area contributed by atoms with Crippen molar-refractivity contribution in [3.05, 3.63) is 64.2 Å². The number of halogens is 4. The van der Waals surface area contributed by atoms with Crippen molar-refractivity contribution in [2.45, 2.75) is 26.1 Å². The predicted octanol–water partition coefficient (Wildman–Crippen LogP) is 4.75. The number of carbonyl (C=O) groups is 2. The van der Waals surface area contributed by atoms with Crippen LogP contribution in [0, 0.1) is 0 Å². The number of hydrogen-bond acceptors (Lipinski definition) is 2. The fraction of sp³-hybridized carbons (Fsp3) is 0.222. The van der Waals surface area contributed by atoms with Gasteiger partial charge in [0.1, 0.15) is 0 Å². The maximum Gasteiger partial charge on any atom is 0.416 e. The average Bonchev–Trinajstić information content (AvgIpc) is 2.53. The first-order valence-corrected chi connectivity index (χ1v) is 8.04. The van der Waals surface area contributed by atoms with Crippen molar-refractivity contribution in [1.29, 1.82) is 0 Å². The van der Waals surface area contributed by atoms with Crippen LogP contribution >= 0.6 is 11.6 Å². The molecule has 0 bridgehead atoms. The highest BCUT2D eigenvalue weighted by Gasteiger charge is 2.30. The van der Waals surface area contributed by atoms with Gasteiger partial charge in [0.15, 0.2) is 0 Å². The van der Waals surface area contributed by atoms with E-state index in [1.165, 1.54) is 18.2 Å². The van der Waals surface area contributed by atoms with Gasteiger partial charge in [0.2, 0.25) is 0 Å². The molecule has 138 valence electrons. The molecule has 4 nitrogen and oxygen atoms in total. The van der Waals surface area contributed by atoms with Crippen LogP contribution in [0.5, 0.6) is 0 Å². The van der Waals surface area contributed by atoms with Gasteiger partial charge in [-0.05, 0) is 56.3 Å². The second-order valence-corrected chi connectivity index (χ2v) is 6.28. The van der Waals surface area contributed by atoms with Gasteiger partial charge in [0.25, 0.3) is 11.8 Å². The molecule has 0 unspecified atom stereocenters. The van der Waals surface area contributed by atoms with Crippen LogP contribution in [0.25, 0.3) is 0 Å². The van der Waals surface area contributed by atoms with Crippen molar-refractivity contribution in [1.82, 2.24) is 5.32 Å². The van der Waals surface area contributed by atoms with E-state index in [0.717, 1.165) is 24.3 Å². The normalized spacial score (nSPS) is 11.3. The topological polar surface area (TPSA) is 58.2 Å². The van der Waals surface area contributed by atoms with E-state index in [2.05, 4.69) is 10.6 Å². The molecule has 2 N–H and O–H groups in total. The minimum atomic E-state index is -4.48. The molecular formula is C18H16ClF3N2O2. The average molecular weight is 385 g/mol. The Morgan fingerprint density at radius 1 is 1.00 bits per heavy atom. The van der Waals surface area contributed by atoms with Crippen molar-refractivity contribution >= 4 is 29.1 Å². The van der Waals surface area contributed by atoms with Crippen LogP contribution in [-0.4, -0.2) is 17.9 Å². The summed E-state index contributed by atoms with van der Waals surface area (Å²) in [6, 6.07) is 8.02. The molecule has 0 aliphatic carbocycles. The number of rotatable bonds is 4. The summed E-state index contributed by atoms with van der Waals surface area (Å²) in [5.74, 6) is -1.06. The van der Waals surface area contributed by atoms with Gasteiger partial charge in [0, 0.05) is 16.6 Å². The Bertz CT molecular complexity index is 818. The second-order valence-electron chi connectivity index (χ2n) is 5.85. The van der Waals surface area contributed by atoms with Crippen molar-refractivity contribution in [3.8, 4) is 0 Å². The molecular weight excluding hydrogens is 369 g/mol. The highest BCUT2D eigenvalue weighted by atomic mass is 35.5. The summed E-state index contributed by atoms with van der Waals surface area (Å²) in [5, 5.41) is 5.51. The van der Waals surface area contributed by atoms with Gasteiger partial charge in [-0.25, -0.2) is 0 Å². The van der Waals surface area contributed by atoms with Crippen molar-refractivity contribution in [3.63, 3.8) is 0 Å². The third-order valence-corrected chi connectivity index (χ3v) is 3.60. The molecule has 0 atom stereocenters. The number of amides is 2. The van der Waals surface area contributed by atoms with E-state index in [-0.39, 0.29) is 22.9 Å². The Hall–Kier alpha value is -2.54. The largest absolute Gasteiger partial charge is 0.416 e. The first-order valence-electron chi connectivity index (χ1n) is 7.67.